The smallest absolute Gasteiger partial charge is 0.330 e. The van der Waals surface area contributed by atoms with Crippen molar-refractivity contribution in [1.82, 2.24) is 0 Å². The van der Waals surface area contributed by atoms with Crippen LogP contribution in [0.4, 0.5) is 0 Å². The van der Waals surface area contributed by atoms with Crippen molar-refractivity contribution in [2.75, 3.05) is 13.2 Å². The van der Waals surface area contributed by atoms with Gasteiger partial charge in [-0.25, -0.2) is 4.79 Å². The molecule has 0 N–H and O–H groups in total. The monoisotopic (exact) mass is 157 g/mol. The number of ether oxygens (including phenoxy) is 1. The fraction of sp³-hybridized carbons (Fsp3) is 0.571. The molecule has 0 heterocycles. The van der Waals surface area contributed by atoms with Gasteiger partial charge in [-0.2, -0.15) is 4.91 Å². The molecule has 0 amide bonds. The van der Waals surface area contributed by atoms with Gasteiger partial charge in [-0.3, -0.25) is 0 Å². The highest BCUT2D eigenvalue weighted by Gasteiger charge is 1.93. The average molecular weight is 157 g/mol. The van der Waals surface area contributed by atoms with Gasteiger partial charge in [0.15, 0.2) is 0 Å². The molecule has 62 valence electrons. The molecule has 0 fully saturated rings. The first kappa shape index (κ1) is 9.81. The van der Waals surface area contributed by atoms with E-state index in [1.54, 1.807) is 0 Å². The SMILES string of the molecule is C=CC(=O)OCCCCN=O. The van der Waals surface area contributed by atoms with Crippen LogP contribution in [-0.4, -0.2) is 19.1 Å². The average Bonchev–Trinajstić information content (AvgIpc) is 2.04. The van der Waals surface area contributed by atoms with Crippen LogP contribution in [0.2, 0.25) is 0 Å². The fourth-order valence-electron chi connectivity index (χ4n) is 0.510. The fourth-order valence-corrected chi connectivity index (χ4v) is 0.510. The van der Waals surface area contributed by atoms with Crippen LogP contribution in [0, 0.1) is 4.91 Å². The van der Waals surface area contributed by atoms with E-state index in [-0.39, 0.29) is 6.54 Å². The zero-order valence-electron chi connectivity index (χ0n) is 6.28. The minimum absolute atomic E-state index is 0.283. The molecule has 0 radical (unpaired) electrons. The van der Waals surface area contributed by atoms with Crippen molar-refractivity contribution < 1.29 is 9.53 Å². The highest BCUT2D eigenvalue weighted by atomic mass is 16.5. The first-order valence-corrected chi connectivity index (χ1v) is 3.39. The first-order valence-electron chi connectivity index (χ1n) is 3.39. The molecule has 0 saturated carbocycles. The molecule has 0 aliphatic carbocycles. The van der Waals surface area contributed by atoms with Gasteiger partial charge in [-0.1, -0.05) is 11.8 Å². The standard InChI is InChI=1S/C7H11NO3/c1-2-7(9)11-6-4-3-5-8-10/h2H,1,3-6H2. The summed E-state index contributed by atoms with van der Waals surface area (Å²) in [5.74, 6) is -0.427. The van der Waals surface area contributed by atoms with Crippen LogP contribution in [0.3, 0.4) is 0 Å². The zero-order valence-corrected chi connectivity index (χ0v) is 6.28. The summed E-state index contributed by atoms with van der Waals surface area (Å²) in [7, 11) is 0. The van der Waals surface area contributed by atoms with Crippen molar-refractivity contribution >= 4 is 5.97 Å². The van der Waals surface area contributed by atoms with E-state index in [1.807, 2.05) is 0 Å². The van der Waals surface area contributed by atoms with Gasteiger partial charge in [0.2, 0.25) is 0 Å². The molecule has 0 aromatic heterocycles. The summed E-state index contributed by atoms with van der Waals surface area (Å²) >= 11 is 0. The zero-order chi connectivity index (χ0) is 8.53. The molecule has 0 rings (SSSR count). The maximum atomic E-state index is 10.4. The summed E-state index contributed by atoms with van der Waals surface area (Å²) in [6.45, 7) is 3.85. The number of esters is 1. The van der Waals surface area contributed by atoms with Gasteiger partial charge in [0.1, 0.15) is 0 Å². The van der Waals surface area contributed by atoms with Crippen molar-refractivity contribution in [3.05, 3.63) is 17.6 Å². The summed E-state index contributed by atoms with van der Waals surface area (Å²) in [4.78, 5) is 20.0. The maximum Gasteiger partial charge on any atom is 0.330 e. The molecule has 4 heteroatoms. The van der Waals surface area contributed by atoms with E-state index in [1.165, 1.54) is 0 Å². The van der Waals surface area contributed by atoms with Crippen molar-refractivity contribution in [3.8, 4) is 0 Å². The number of hydrogen-bond donors (Lipinski definition) is 0. The molecule has 0 bridgehead atoms. The largest absolute Gasteiger partial charge is 0.463 e. The van der Waals surface area contributed by atoms with Crippen LogP contribution in [-0.2, 0) is 9.53 Å². The minimum Gasteiger partial charge on any atom is -0.463 e. The van der Waals surface area contributed by atoms with Crippen LogP contribution in [0.25, 0.3) is 0 Å². The number of hydrogen-bond acceptors (Lipinski definition) is 4. The van der Waals surface area contributed by atoms with Gasteiger partial charge in [0.05, 0.1) is 13.2 Å². The third-order valence-electron chi connectivity index (χ3n) is 1.05. The van der Waals surface area contributed by atoms with Crippen LogP contribution in [0.1, 0.15) is 12.8 Å². The third kappa shape index (κ3) is 6.70. The molecule has 0 atom stereocenters. The Morgan fingerprint density at radius 2 is 2.27 bits per heavy atom. The number of carbonyl (C=O) groups excluding carboxylic acids is 1. The number of nitrogens with zero attached hydrogens (tertiary/aromatic N) is 1. The van der Waals surface area contributed by atoms with Crippen LogP contribution < -0.4 is 0 Å². The predicted molar refractivity (Wildman–Crippen MR) is 41.1 cm³/mol. The molecule has 0 aliphatic heterocycles. The van der Waals surface area contributed by atoms with Gasteiger partial charge in [0, 0.05) is 6.08 Å². The van der Waals surface area contributed by atoms with Gasteiger partial charge in [-0.05, 0) is 12.8 Å². The Morgan fingerprint density at radius 3 is 2.82 bits per heavy atom. The topological polar surface area (TPSA) is 55.7 Å². The lowest BCUT2D eigenvalue weighted by atomic mass is 10.3. The molecule has 0 aromatic rings. The Kier molecular flexibility index (Phi) is 6.17. The van der Waals surface area contributed by atoms with E-state index >= 15 is 0 Å². The van der Waals surface area contributed by atoms with E-state index in [2.05, 4.69) is 16.5 Å². The van der Waals surface area contributed by atoms with E-state index in [0.29, 0.717) is 19.4 Å². The number of carbonyl (C=O) groups is 1. The third-order valence-corrected chi connectivity index (χ3v) is 1.05. The Morgan fingerprint density at radius 1 is 1.55 bits per heavy atom. The Hall–Kier alpha value is -1.19. The second kappa shape index (κ2) is 6.92. The van der Waals surface area contributed by atoms with Gasteiger partial charge in [0.25, 0.3) is 0 Å². The van der Waals surface area contributed by atoms with Crippen LogP contribution >= 0.6 is 0 Å². The molecule has 0 aromatic carbocycles. The van der Waals surface area contributed by atoms with Crippen molar-refractivity contribution in [3.63, 3.8) is 0 Å². The molecule has 0 spiro atoms. The van der Waals surface area contributed by atoms with Gasteiger partial charge >= 0.3 is 5.97 Å². The predicted octanol–water partition coefficient (Wildman–Crippen LogP) is 1.26. The lowest BCUT2D eigenvalue weighted by molar-refractivity contribution is -0.137. The lowest BCUT2D eigenvalue weighted by Crippen LogP contribution is -2.01. The van der Waals surface area contributed by atoms with Crippen LogP contribution in [0.5, 0.6) is 0 Å². The number of nitroso groups, excluding NO2 is 1. The molecular weight excluding hydrogens is 146 g/mol. The Bertz CT molecular complexity index is 145. The van der Waals surface area contributed by atoms with Crippen molar-refractivity contribution in [1.29, 1.82) is 0 Å². The molecule has 4 nitrogen and oxygen atoms in total. The highest BCUT2D eigenvalue weighted by Crippen LogP contribution is 1.91. The van der Waals surface area contributed by atoms with Gasteiger partial charge in [-0.15, -0.1) is 0 Å². The minimum atomic E-state index is -0.427. The van der Waals surface area contributed by atoms with Crippen molar-refractivity contribution in [2.24, 2.45) is 5.18 Å². The molecule has 0 unspecified atom stereocenters. The van der Waals surface area contributed by atoms with Crippen LogP contribution in [0.15, 0.2) is 17.8 Å². The molecule has 0 saturated heterocycles. The highest BCUT2D eigenvalue weighted by molar-refractivity contribution is 5.81. The van der Waals surface area contributed by atoms with E-state index < -0.39 is 5.97 Å². The molecular formula is C7H11NO3. The first-order chi connectivity index (χ1) is 5.31. The Labute approximate surface area is 65.2 Å². The number of rotatable bonds is 6. The van der Waals surface area contributed by atoms with Crippen molar-refractivity contribution in [2.45, 2.75) is 12.8 Å². The lowest BCUT2D eigenvalue weighted by Gasteiger charge is -1.98. The molecule has 0 aliphatic rings. The summed E-state index contributed by atoms with van der Waals surface area (Å²) in [5, 5.41) is 2.66. The summed E-state index contributed by atoms with van der Waals surface area (Å²) < 4.78 is 4.64. The number of unbranched alkanes of at least 4 members (excludes halogenated alkanes) is 1. The normalized spacial score (nSPS) is 8.73. The molecule has 11 heavy (non-hydrogen) atoms. The maximum absolute atomic E-state index is 10.4. The van der Waals surface area contributed by atoms with Gasteiger partial charge < -0.3 is 4.74 Å². The summed E-state index contributed by atoms with van der Waals surface area (Å²) in [5.41, 5.74) is 0. The van der Waals surface area contributed by atoms with E-state index in [0.717, 1.165) is 6.08 Å². The van der Waals surface area contributed by atoms with E-state index in [9.17, 15) is 9.70 Å². The van der Waals surface area contributed by atoms with E-state index in [4.69, 9.17) is 0 Å². The Balaban J connectivity index is 3.07. The quantitative estimate of drug-likeness (QED) is 0.252. The second-order valence-corrected chi connectivity index (χ2v) is 1.93. The second-order valence-electron chi connectivity index (χ2n) is 1.93. The summed E-state index contributed by atoms with van der Waals surface area (Å²) in [6, 6.07) is 0. The summed E-state index contributed by atoms with van der Waals surface area (Å²) in [6.07, 6.45) is 2.44.